The molecule has 0 aliphatic heterocycles. The van der Waals surface area contributed by atoms with Gasteiger partial charge >= 0.3 is 0 Å². The largest absolute Gasteiger partial charge is 0.456 e. The average Bonchev–Trinajstić information content (AvgIpc) is 2.42. The summed E-state index contributed by atoms with van der Waals surface area (Å²) in [6.07, 6.45) is 0. The van der Waals surface area contributed by atoms with E-state index in [-0.39, 0.29) is 0 Å². The summed E-state index contributed by atoms with van der Waals surface area (Å²) in [6, 6.07) is 92.6. The zero-order valence-electron chi connectivity index (χ0n) is 44.8. The number of nitrogens with zero attached hydrogens (tertiary/aromatic N) is 5. The molecule has 8 nitrogen and oxygen atoms in total. The molecule has 0 unspecified atom stereocenters. The minimum atomic E-state index is 0.621. The average molecular weight is 1070 g/mol. The first-order valence-corrected chi connectivity index (χ1v) is 28.4. The van der Waals surface area contributed by atoms with Crippen molar-refractivity contribution < 1.29 is 13.3 Å². The fourth-order valence-corrected chi connectivity index (χ4v) is 13.6. The van der Waals surface area contributed by atoms with Crippen LogP contribution in [-0.2, 0) is 0 Å². The van der Waals surface area contributed by atoms with Crippen molar-refractivity contribution in [1.29, 1.82) is 0 Å². The van der Waals surface area contributed by atoms with Crippen molar-refractivity contribution in [3.8, 4) is 51.0 Å². The number of furan rings is 3. The van der Waals surface area contributed by atoms with Crippen molar-refractivity contribution in [1.82, 2.24) is 23.7 Å². The van der Waals surface area contributed by atoms with E-state index in [1.807, 2.05) is 36.4 Å². The quantitative estimate of drug-likeness (QED) is 0.166. The summed E-state index contributed by atoms with van der Waals surface area (Å²) >= 11 is 0. The molecule has 84 heavy (non-hydrogen) atoms. The summed E-state index contributed by atoms with van der Waals surface area (Å²) < 4.78 is 26.4. The summed E-state index contributed by atoms with van der Waals surface area (Å²) in [7, 11) is 0. The normalized spacial score (nSPS) is 12.3. The molecule has 7 aromatic heterocycles. The van der Waals surface area contributed by atoms with Gasteiger partial charge in [0.15, 0.2) is 5.82 Å². The van der Waals surface area contributed by atoms with E-state index in [0.717, 1.165) is 176 Å². The molecule has 0 aliphatic carbocycles. The van der Waals surface area contributed by atoms with Crippen molar-refractivity contribution >= 4 is 131 Å². The van der Waals surface area contributed by atoms with Crippen LogP contribution in [-0.4, -0.2) is 23.7 Å². The minimum Gasteiger partial charge on any atom is -0.456 e. The van der Waals surface area contributed by atoms with Gasteiger partial charge in [0.05, 0.1) is 44.5 Å². The Hall–Kier alpha value is -11.5. The van der Waals surface area contributed by atoms with Gasteiger partial charge in [0.2, 0.25) is 0 Å². The van der Waals surface area contributed by atoms with Crippen LogP contribution in [0.4, 0.5) is 0 Å². The second-order valence-electron chi connectivity index (χ2n) is 22.1. The van der Waals surface area contributed by atoms with Crippen LogP contribution in [0.15, 0.2) is 274 Å². The van der Waals surface area contributed by atoms with Gasteiger partial charge in [-0.05, 0) is 127 Å². The Morgan fingerprint density at radius 1 is 0.214 bits per heavy atom. The monoisotopic (exact) mass is 1070 g/mol. The van der Waals surface area contributed by atoms with E-state index in [4.69, 9.17) is 23.2 Å². The van der Waals surface area contributed by atoms with Gasteiger partial charge in [0, 0.05) is 98.4 Å². The fraction of sp³-hybridized carbons (Fsp3) is 0. The SMILES string of the molecule is c1cc(-c2cc(-c3cccc(-n4c5ccccc5c5cc6oc7ccccc7c6cc54)c3)nc(-c3ccc(-n4c5ccccc5c5cc6oc7ccccc7c6cc54)cc3)n2)cc(-n2c3ccccc3c3cc4oc5ccccc5c4cc32)c1. The van der Waals surface area contributed by atoms with E-state index in [1.54, 1.807) is 0 Å². The molecule has 0 aliphatic rings. The van der Waals surface area contributed by atoms with Gasteiger partial charge in [-0.2, -0.15) is 0 Å². The second kappa shape index (κ2) is 17.0. The first-order valence-electron chi connectivity index (χ1n) is 28.4. The Bertz CT molecular complexity index is 5750. The molecular weight excluding hydrogens is 1030 g/mol. The molecule has 390 valence electrons. The molecule has 0 atom stereocenters. The smallest absolute Gasteiger partial charge is 0.160 e. The maximum absolute atomic E-state index is 6.44. The molecule has 12 aromatic carbocycles. The van der Waals surface area contributed by atoms with E-state index < -0.39 is 0 Å². The summed E-state index contributed by atoms with van der Waals surface area (Å²) in [5, 5.41) is 13.4. The second-order valence-corrected chi connectivity index (χ2v) is 22.1. The summed E-state index contributed by atoms with van der Waals surface area (Å²) in [4.78, 5) is 11.0. The molecule has 19 aromatic rings. The van der Waals surface area contributed by atoms with Crippen molar-refractivity contribution in [2.45, 2.75) is 0 Å². The van der Waals surface area contributed by atoms with Crippen LogP contribution in [0.3, 0.4) is 0 Å². The molecule has 0 spiro atoms. The molecule has 0 bridgehead atoms. The Labute approximate surface area is 477 Å². The fourth-order valence-electron chi connectivity index (χ4n) is 13.6. The number of para-hydroxylation sites is 6. The number of aromatic nitrogens is 5. The third kappa shape index (κ3) is 6.53. The third-order valence-corrected chi connectivity index (χ3v) is 17.4. The lowest BCUT2D eigenvalue weighted by molar-refractivity contribution is 0.669. The van der Waals surface area contributed by atoms with E-state index >= 15 is 0 Å². The number of hydrogen-bond acceptors (Lipinski definition) is 5. The molecule has 19 rings (SSSR count). The van der Waals surface area contributed by atoms with Gasteiger partial charge in [0.25, 0.3) is 0 Å². The zero-order chi connectivity index (χ0) is 54.7. The lowest BCUT2D eigenvalue weighted by atomic mass is 10.0. The van der Waals surface area contributed by atoms with Gasteiger partial charge in [-0.1, -0.05) is 133 Å². The molecule has 0 saturated heterocycles. The van der Waals surface area contributed by atoms with Gasteiger partial charge in [0.1, 0.15) is 33.5 Å². The highest BCUT2D eigenvalue weighted by atomic mass is 16.3. The molecule has 7 heterocycles. The Kier molecular flexibility index (Phi) is 9.18. The number of benzene rings is 12. The number of fused-ring (bicyclic) bond motifs is 18. The van der Waals surface area contributed by atoms with E-state index in [9.17, 15) is 0 Å². The van der Waals surface area contributed by atoms with Crippen molar-refractivity contribution in [3.05, 3.63) is 261 Å². The number of rotatable bonds is 6. The third-order valence-electron chi connectivity index (χ3n) is 17.4. The highest BCUT2D eigenvalue weighted by Gasteiger charge is 2.22. The summed E-state index contributed by atoms with van der Waals surface area (Å²) in [5.74, 6) is 0.621. The predicted octanol–water partition coefficient (Wildman–Crippen LogP) is 20.5. The lowest BCUT2D eigenvalue weighted by Crippen LogP contribution is -1.99. The molecule has 8 heteroatoms. The summed E-state index contributed by atoms with van der Waals surface area (Å²) in [5.41, 5.74) is 19.5. The van der Waals surface area contributed by atoms with E-state index in [1.165, 1.54) is 0 Å². The zero-order valence-corrected chi connectivity index (χ0v) is 44.8. The van der Waals surface area contributed by atoms with Gasteiger partial charge in [-0.15, -0.1) is 0 Å². The molecule has 0 N–H and O–H groups in total. The number of hydrogen-bond donors (Lipinski definition) is 0. The first kappa shape index (κ1) is 45.3. The maximum atomic E-state index is 6.44. The molecule has 0 saturated carbocycles. The van der Waals surface area contributed by atoms with Crippen molar-refractivity contribution in [3.63, 3.8) is 0 Å². The Morgan fingerprint density at radius 3 is 0.976 bits per heavy atom. The first-order chi connectivity index (χ1) is 41.6. The minimum absolute atomic E-state index is 0.621. The molecule has 0 radical (unpaired) electrons. The lowest BCUT2D eigenvalue weighted by Gasteiger charge is -2.14. The molecule has 0 fully saturated rings. The van der Waals surface area contributed by atoms with E-state index in [2.05, 4.69) is 238 Å². The Morgan fingerprint density at radius 2 is 0.571 bits per heavy atom. The molecule has 0 amide bonds. The van der Waals surface area contributed by atoms with Crippen LogP contribution >= 0.6 is 0 Å². The van der Waals surface area contributed by atoms with Crippen molar-refractivity contribution in [2.24, 2.45) is 0 Å². The van der Waals surface area contributed by atoms with Crippen LogP contribution in [0.2, 0.25) is 0 Å². The highest BCUT2D eigenvalue weighted by Crippen LogP contribution is 2.43. The predicted molar refractivity (Wildman–Crippen MR) is 343 cm³/mol. The van der Waals surface area contributed by atoms with Crippen LogP contribution in [0.5, 0.6) is 0 Å². The Balaban J connectivity index is 0.797. The molecular formula is C76H43N5O3. The topological polar surface area (TPSA) is 80.0 Å². The maximum Gasteiger partial charge on any atom is 0.160 e. The van der Waals surface area contributed by atoms with Crippen LogP contribution in [0.1, 0.15) is 0 Å². The highest BCUT2D eigenvalue weighted by molar-refractivity contribution is 6.20. The van der Waals surface area contributed by atoms with Crippen LogP contribution in [0, 0.1) is 0 Å². The van der Waals surface area contributed by atoms with E-state index in [0.29, 0.717) is 5.82 Å². The van der Waals surface area contributed by atoms with Gasteiger partial charge < -0.3 is 27.0 Å². The van der Waals surface area contributed by atoms with Crippen LogP contribution < -0.4 is 0 Å². The standard InChI is InChI=1S/C76H43N5O3/c1-7-25-64-50(19-1)56-40-73-59(53-22-4-10-28-70(53)82-73)37-67(56)79(64)47-33-31-44(32-34-47)76-77-62(45-15-13-17-48(35-45)80-65-26-8-2-20-51(65)57-41-74-60(38-68(57)80)54-23-5-11-29-71(54)83-74)43-63(78-76)46-16-14-18-49(36-46)81-66-27-9-3-21-52(66)58-42-75-61(39-69(58)81)55-24-6-12-30-72(55)84-75/h1-43H. The van der Waals surface area contributed by atoms with Gasteiger partial charge in [-0.3, -0.25) is 0 Å². The summed E-state index contributed by atoms with van der Waals surface area (Å²) in [6.45, 7) is 0. The van der Waals surface area contributed by atoms with Crippen LogP contribution in [0.25, 0.3) is 182 Å². The van der Waals surface area contributed by atoms with Gasteiger partial charge in [-0.25, -0.2) is 9.97 Å². The van der Waals surface area contributed by atoms with Crippen molar-refractivity contribution in [2.75, 3.05) is 0 Å².